The quantitative estimate of drug-likeness (QED) is 0.794. The molecule has 0 fully saturated rings. The Morgan fingerprint density at radius 3 is 2.28 bits per heavy atom. The lowest BCUT2D eigenvalue weighted by Gasteiger charge is -2.08. The topological polar surface area (TPSA) is 89.5 Å². The molecule has 0 heterocycles. The van der Waals surface area contributed by atoms with E-state index in [0.717, 1.165) is 17.4 Å². The summed E-state index contributed by atoms with van der Waals surface area (Å²) >= 11 is 0. The van der Waals surface area contributed by atoms with Crippen molar-refractivity contribution in [2.24, 2.45) is 0 Å². The summed E-state index contributed by atoms with van der Waals surface area (Å²) < 4.78 is 27.7. The Morgan fingerprint density at radius 2 is 1.68 bits per heavy atom. The highest BCUT2D eigenvalue weighted by Gasteiger charge is 2.12. The number of ether oxygens (including phenoxy) is 1. The van der Waals surface area contributed by atoms with Crippen LogP contribution in [0.5, 0.6) is 0 Å². The molecule has 2 aromatic rings. The number of aryl methyl sites for hydroxylation is 1. The van der Waals surface area contributed by atoms with E-state index in [9.17, 15) is 18.0 Å². The molecule has 0 aromatic heterocycles. The fraction of sp³-hybridized carbons (Fsp3) is 0.222. The van der Waals surface area contributed by atoms with Crippen LogP contribution in [0.4, 0.5) is 0 Å². The van der Waals surface area contributed by atoms with Crippen molar-refractivity contribution >= 4 is 21.7 Å². The second kappa shape index (κ2) is 7.94. The van der Waals surface area contributed by atoms with Gasteiger partial charge in [0, 0.05) is 12.8 Å². The number of hydrogen-bond donors (Lipinski definition) is 1. The van der Waals surface area contributed by atoms with Crippen LogP contribution in [0, 0.1) is 6.92 Å². The van der Waals surface area contributed by atoms with Crippen LogP contribution in [0.2, 0.25) is 0 Å². The minimum Gasteiger partial charge on any atom is -0.452 e. The van der Waals surface area contributed by atoms with Gasteiger partial charge in [-0.1, -0.05) is 24.3 Å². The molecule has 0 saturated carbocycles. The third-order valence-electron chi connectivity index (χ3n) is 3.59. The number of hydrogen-bond acceptors (Lipinski definition) is 5. The van der Waals surface area contributed by atoms with Gasteiger partial charge in [0.1, 0.15) is 0 Å². The molecule has 1 amide bonds. The van der Waals surface area contributed by atoms with Crippen LogP contribution in [-0.2, 0) is 25.9 Å². The highest BCUT2D eigenvalue weighted by Crippen LogP contribution is 2.11. The first-order chi connectivity index (χ1) is 11.8. The Morgan fingerprint density at radius 1 is 1.04 bits per heavy atom. The van der Waals surface area contributed by atoms with Crippen molar-refractivity contribution in [2.45, 2.75) is 18.4 Å². The number of esters is 1. The third-order valence-corrected chi connectivity index (χ3v) is 4.72. The van der Waals surface area contributed by atoms with Crippen LogP contribution in [-0.4, -0.2) is 33.2 Å². The van der Waals surface area contributed by atoms with Crippen LogP contribution in [0.15, 0.2) is 53.4 Å². The van der Waals surface area contributed by atoms with Gasteiger partial charge in [-0.25, -0.2) is 13.2 Å². The molecule has 7 heteroatoms. The zero-order valence-corrected chi connectivity index (χ0v) is 14.8. The molecule has 6 nitrogen and oxygen atoms in total. The third kappa shape index (κ3) is 5.42. The van der Waals surface area contributed by atoms with Gasteiger partial charge in [0.2, 0.25) is 0 Å². The number of carbonyl (C=O) groups excluding carboxylic acids is 2. The Hall–Kier alpha value is -2.67. The maximum atomic E-state index is 11.9. The lowest BCUT2D eigenvalue weighted by molar-refractivity contribution is -0.124. The van der Waals surface area contributed by atoms with E-state index in [2.05, 4.69) is 5.32 Å². The molecule has 0 spiro atoms. The molecular weight excluding hydrogens is 342 g/mol. The van der Waals surface area contributed by atoms with E-state index in [1.807, 2.05) is 31.2 Å². The predicted molar refractivity (Wildman–Crippen MR) is 92.9 cm³/mol. The molecule has 0 saturated heterocycles. The molecule has 0 unspecified atom stereocenters. The second-order valence-corrected chi connectivity index (χ2v) is 7.59. The first-order valence-electron chi connectivity index (χ1n) is 7.56. The Bertz CT molecular complexity index is 873. The highest BCUT2D eigenvalue weighted by molar-refractivity contribution is 7.90. The summed E-state index contributed by atoms with van der Waals surface area (Å²) in [7, 11) is -3.32. The van der Waals surface area contributed by atoms with Crippen LogP contribution in [0.3, 0.4) is 0 Å². The summed E-state index contributed by atoms with van der Waals surface area (Å²) in [4.78, 5) is 23.8. The first kappa shape index (κ1) is 18.7. The standard InChI is InChI=1S/C18H19NO5S/c1-13-5-3-4-6-15(13)11-19-17(20)12-24-18(21)14-7-9-16(10-8-14)25(2,22)23/h3-10H,11-12H2,1-2H3,(H,19,20). The average Bonchev–Trinajstić information content (AvgIpc) is 2.58. The lowest BCUT2D eigenvalue weighted by Crippen LogP contribution is -2.28. The number of amides is 1. The maximum absolute atomic E-state index is 11.9. The van der Waals surface area contributed by atoms with E-state index in [1.54, 1.807) is 0 Å². The summed E-state index contributed by atoms with van der Waals surface area (Å²) in [6.45, 7) is 1.90. The molecule has 0 aliphatic rings. The van der Waals surface area contributed by atoms with E-state index in [-0.39, 0.29) is 10.5 Å². The van der Waals surface area contributed by atoms with Crippen molar-refractivity contribution < 1.29 is 22.7 Å². The molecule has 2 aromatic carbocycles. The van der Waals surface area contributed by atoms with Gasteiger partial charge < -0.3 is 10.1 Å². The largest absolute Gasteiger partial charge is 0.452 e. The van der Waals surface area contributed by atoms with Crippen LogP contribution in [0.25, 0.3) is 0 Å². The minimum atomic E-state index is -3.32. The fourth-order valence-corrected chi connectivity index (χ4v) is 2.74. The Kier molecular flexibility index (Phi) is 5.93. The van der Waals surface area contributed by atoms with Crippen LogP contribution in [0.1, 0.15) is 21.5 Å². The Balaban J connectivity index is 1.85. The van der Waals surface area contributed by atoms with E-state index in [1.165, 1.54) is 24.3 Å². The normalized spacial score (nSPS) is 11.0. The van der Waals surface area contributed by atoms with E-state index in [4.69, 9.17) is 4.74 Å². The molecule has 0 aliphatic carbocycles. The number of benzene rings is 2. The van der Waals surface area contributed by atoms with Crippen LogP contribution >= 0.6 is 0 Å². The summed E-state index contributed by atoms with van der Waals surface area (Å²) in [5.74, 6) is -1.10. The molecule has 0 radical (unpaired) electrons. The SMILES string of the molecule is Cc1ccccc1CNC(=O)COC(=O)c1ccc(S(C)(=O)=O)cc1. The Labute approximate surface area is 146 Å². The second-order valence-electron chi connectivity index (χ2n) is 5.58. The smallest absolute Gasteiger partial charge is 0.338 e. The molecular formula is C18H19NO5S. The summed E-state index contributed by atoms with van der Waals surface area (Å²) in [5, 5.41) is 2.68. The zero-order valence-electron chi connectivity index (χ0n) is 14.0. The van der Waals surface area contributed by atoms with Crippen LogP contribution < -0.4 is 5.32 Å². The molecule has 0 bridgehead atoms. The van der Waals surface area contributed by atoms with Gasteiger partial charge in [-0.3, -0.25) is 4.79 Å². The molecule has 0 aliphatic heterocycles. The molecule has 0 atom stereocenters. The van der Waals surface area contributed by atoms with Crippen molar-refractivity contribution in [2.75, 3.05) is 12.9 Å². The monoisotopic (exact) mass is 361 g/mol. The first-order valence-corrected chi connectivity index (χ1v) is 9.45. The highest BCUT2D eigenvalue weighted by atomic mass is 32.2. The minimum absolute atomic E-state index is 0.111. The summed E-state index contributed by atoms with van der Waals surface area (Å²) in [6, 6.07) is 13.0. The number of sulfone groups is 1. The lowest BCUT2D eigenvalue weighted by atomic mass is 10.1. The predicted octanol–water partition coefficient (Wildman–Crippen LogP) is 1.87. The van der Waals surface area contributed by atoms with E-state index >= 15 is 0 Å². The fourth-order valence-electron chi connectivity index (χ4n) is 2.11. The maximum Gasteiger partial charge on any atom is 0.338 e. The molecule has 1 N–H and O–H groups in total. The zero-order chi connectivity index (χ0) is 18.4. The number of rotatable bonds is 6. The van der Waals surface area contributed by atoms with Gasteiger partial charge in [0.25, 0.3) is 5.91 Å². The van der Waals surface area contributed by atoms with Crippen molar-refractivity contribution in [1.82, 2.24) is 5.32 Å². The molecule has 2 rings (SSSR count). The van der Waals surface area contributed by atoms with Crippen molar-refractivity contribution in [3.05, 3.63) is 65.2 Å². The van der Waals surface area contributed by atoms with E-state index in [0.29, 0.717) is 6.54 Å². The van der Waals surface area contributed by atoms with Crippen molar-refractivity contribution in [3.63, 3.8) is 0 Å². The van der Waals surface area contributed by atoms with Crippen molar-refractivity contribution in [3.8, 4) is 0 Å². The van der Waals surface area contributed by atoms with Gasteiger partial charge in [-0.2, -0.15) is 0 Å². The van der Waals surface area contributed by atoms with Crippen molar-refractivity contribution in [1.29, 1.82) is 0 Å². The summed E-state index contributed by atoms with van der Waals surface area (Å²) in [6.07, 6.45) is 1.08. The molecule has 25 heavy (non-hydrogen) atoms. The number of carbonyl (C=O) groups is 2. The molecule has 132 valence electrons. The van der Waals surface area contributed by atoms with Gasteiger partial charge in [0.05, 0.1) is 10.5 Å². The average molecular weight is 361 g/mol. The van der Waals surface area contributed by atoms with Gasteiger partial charge >= 0.3 is 5.97 Å². The number of nitrogens with one attached hydrogen (secondary N) is 1. The van der Waals surface area contributed by atoms with Gasteiger partial charge in [0.15, 0.2) is 16.4 Å². The van der Waals surface area contributed by atoms with E-state index < -0.39 is 28.3 Å². The van der Waals surface area contributed by atoms with Gasteiger partial charge in [-0.05, 0) is 42.3 Å². The summed E-state index contributed by atoms with van der Waals surface area (Å²) in [5.41, 5.74) is 2.23. The van der Waals surface area contributed by atoms with Gasteiger partial charge in [-0.15, -0.1) is 0 Å².